The van der Waals surface area contributed by atoms with E-state index in [4.69, 9.17) is 0 Å². The number of benzene rings is 1. The Morgan fingerprint density at radius 3 is 2.43 bits per heavy atom. The van der Waals surface area contributed by atoms with Crippen molar-refractivity contribution in [3.63, 3.8) is 0 Å². The molecule has 130 valence electrons. The molecule has 2 saturated heterocycles. The second kappa shape index (κ2) is 9.36. The van der Waals surface area contributed by atoms with Gasteiger partial charge in [0.05, 0.1) is 5.92 Å². The van der Waals surface area contributed by atoms with Gasteiger partial charge >= 0.3 is 0 Å². The van der Waals surface area contributed by atoms with Crippen LogP contribution in [0.4, 0.5) is 5.69 Å². The third kappa shape index (κ3) is 4.75. The fourth-order valence-electron chi connectivity index (χ4n) is 3.41. The number of aryl methyl sites for hydroxylation is 1. The van der Waals surface area contributed by atoms with E-state index in [1.165, 1.54) is 11.3 Å². The van der Waals surface area contributed by atoms with Crippen LogP contribution in [0.15, 0.2) is 24.3 Å². The lowest BCUT2D eigenvalue weighted by Gasteiger charge is -2.38. The Balaban J connectivity index is 0.00000132. The molecule has 3 rings (SSSR count). The fourth-order valence-corrected chi connectivity index (χ4v) is 3.41. The molecule has 2 aliphatic rings. The lowest BCUT2D eigenvalue weighted by molar-refractivity contribution is -0.136. The summed E-state index contributed by atoms with van der Waals surface area (Å²) in [7, 11) is 0. The average Bonchev–Trinajstić information content (AvgIpc) is 2.56. The Labute approximate surface area is 151 Å². The molecular weight excluding hydrogens is 333 g/mol. The second-order valence-electron chi connectivity index (χ2n) is 6.14. The highest BCUT2D eigenvalue weighted by atomic mass is 35.5. The molecule has 0 saturated carbocycles. The van der Waals surface area contributed by atoms with Crippen molar-refractivity contribution >= 4 is 36.4 Å². The molecule has 0 aliphatic carbocycles. The van der Waals surface area contributed by atoms with E-state index >= 15 is 0 Å². The number of piperidine rings is 1. The number of hydrogen-bond acceptors (Lipinski definition) is 3. The minimum atomic E-state index is 0. The van der Waals surface area contributed by atoms with E-state index in [1.54, 1.807) is 0 Å². The molecule has 1 aromatic rings. The van der Waals surface area contributed by atoms with Gasteiger partial charge in [-0.25, -0.2) is 0 Å². The van der Waals surface area contributed by atoms with Crippen LogP contribution in [0.25, 0.3) is 0 Å². The van der Waals surface area contributed by atoms with Crippen LogP contribution in [0.5, 0.6) is 0 Å². The van der Waals surface area contributed by atoms with Crippen molar-refractivity contribution < 1.29 is 4.79 Å². The minimum absolute atomic E-state index is 0. The first-order valence-electron chi connectivity index (χ1n) is 8.06. The molecule has 0 spiro atoms. The highest BCUT2D eigenvalue weighted by Crippen LogP contribution is 2.22. The summed E-state index contributed by atoms with van der Waals surface area (Å²) in [5.41, 5.74) is 2.62. The van der Waals surface area contributed by atoms with Gasteiger partial charge < -0.3 is 15.1 Å². The number of anilines is 1. The third-order valence-electron chi connectivity index (χ3n) is 4.69. The molecule has 2 heterocycles. The summed E-state index contributed by atoms with van der Waals surface area (Å²) in [5.74, 6) is 0.551. The van der Waals surface area contributed by atoms with Gasteiger partial charge in [-0.3, -0.25) is 4.79 Å². The summed E-state index contributed by atoms with van der Waals surface area (Å²) in [6, 6.07) is 8.50. The Kier molecular flexibility index (Phi) is 8.17. The van der Waals surface area contributed by atoms with Gasteiger partial charge in [-0.15, -0.1) is 24.8 Å². The minimum Gasteiger partial charge on any atom is -0.368 e. The highest BCUT2D eigenvalue weighted by molar-refractivity contribution is 5.85. The van der Waals surface area contributed by atoms with Crippen molar-refractivity contribution in [3.8, 4) is 0 Å². The van der Waals surface area contributed by atoms with Crippen LogP contribution >= 0.6 is 24.8 Å². The first kappa shape index (κ1) is 20.1. The van der Waals surface area contributed by atoms with Crippen molar-refractivity contribution in [2.45, 2.75) is 19.8 Å². The van der Waals surface area contributed by atoms with E-state index in [2.05, 4.69) is 46.3 Å². The number of para-hydroxylation sites is 1. The fraction of sp³-hybridized carbons (Fsp3) is 0.588. The van der Waals surface area contributed by atoms with Gasteiger partial charge in [-0.2, -0.15) is 0 Å². The lowest BCUT2D eigenvalue weighted by atomic mass is 9.98. The van der Waals surface area contributed by atoms with Crippen molar-refractivity contribution in [2.24, 2.45) is 5.92 Å². The zero-order chi connectivity index (χ0) is 14.7. The Bertz CT molecular complexity index is 498. The van der Waals surface area contributed by atoms with Gasteiger partial charge in [0.15, 0.2) is 0 Å². The van der Waals surface area contributed by atoms with E-state index in [-0.39, 0.29) is 30.7 Å². The van der Waals surface area contributed by atoms with Crippen LogP contribution in [0.2, 0.25) is 0 Å². The predicted octanol–water partition coefficient (Wildman–Crippen LogP) is 2.49. The molecule has 6 heteroatoms. The highest BCUT2D eigenvalue weighted by Gasteiger charge is 2.28. The molecule has 2 fully saturated rings. The van der Waals surface area contributed by atoms with Gasteiger partial charge in [-0.05, 0) is 37.9 Å². The number of hydrogen-bond donors (Lipinski definition) is 1. The van der Waals surface area contributed by atoms with Crippen LogP contribution in [0, 0.1) is 12.8 Å². The maximum Gasteiger partial charge on any atom is 0.227 e. The van der Waals surface area contributed by atoms with E-state index in [0.717, 1.165) is 52.1 Å². The maximum atomic E-state index is 12.5. The zero-order valence-corrected chi connectivity index (χ0v) is 15.3. The summed E-state index contributed by atoms with van der Waals surface area (Å²) in [5, 5.41) is 3.34. The van der Waals surface area contributed by atoms with Crippen LogP contribution in [0.3, 0.4) is 0 Å². The number of nitrogens with one attached hydrogen (secondary N) is 1. The maximum absolute atomic E-state index is 12.5. The SMILES string of the molecule is Cc1ccccc1N1CCN(C(=O)C2CCCNC2)CC1.Cl.Cl. The quantitative estimate of drug-likeness (QED) is 0.880. The summed E-state index contributed by atoms with van der Waals surface area (Å²) in [6.07, 6.45) is 2.17. The van der Waals surface area contributed by atoms with Gasteiger partial charge in [0, 0.05) is 38.4 Å². The van der Waals surface area contributed by atoms with E-state index in [0.29, 0.717) is 5.91 Å². The van der Waals surface area contributed by atoms with Gasteiger partial charge in [0.25, 0.3) is 0 Å². The van der Waals surface area contributed by atoms with Gasteiger partial charge in [0.1, 0.15) is 0 Å². The molecule has 0 radical (unpaired) electrons. The third-order valence-corrected chi connectivity index (χ3v) is 4.69. The van der Waals surface area contributed by atoms with E-state index in [9.17, 15) is 4.79 Å². The Morgan fingerprint density at radius 2 is 1.83 bits per heavy atom. The molecule has 4 nitrogen and oxygen atoms in total. The number of amides is 1. The normalized spacial score (nSPS) is 21.2. The number of nitrogens with zero attached hydrogens (tertiary/aromatic N) is 2. The second-order valence-corrected chi connectivity index (χ2v) is 6.14. The molecule has 2 aliphatic heterocycles. The first-order chi connectivity index (χ1) is 10.3. The lowest BCUT2D eigenvalue weighted by Crippen LogP contribution is -2.52. The first-order valence-corrected chi connectivity index (χ1v) is 8.06. The number of carbonyl (C=O) groups is 1. The van der Waals surface area contributed by atoms with E-state index < -0.39 is 0 Å². The summed E-state index contributed by atoms with van der Waals surface area (Å²) >= 11 is 0. The molecule has 1 unspecified atom stereocenters. The molecule has 0 aromatic heterocycles. The molecule has 1 N–H and O–H groups in total. The standard InChI is InChI=1S/C17H25N3O.2ClH/c1-14-5-2-3-7-16(14)19-9-11-20(12-10-19)17(21)15-6-4-8-18-13-15;;/h2-3,5,7,15,18H,4,6,8-13H2,1H3;2*1H. The molecule has 1 atom stereocenters. The topological polar surface area (TPSA) is 35.6 Å². The van der Waals surface area contributed by atoms with Crippen LogP contribution in [0.1, 0.15) is 18.4 Å². The number of rotatable bonds is 2. The van der Waals surface area contributed by atoms with Crippen LogP contribution < -0.4 is 10.2 Å². The Morgan fingerprint density at radius 1 is 1.13 bits per heavy atom. The van der Waals surface area contributed by atoms with Crippen molar-refractivity contribution in [2.75, 3.05) is 44.2 Å². The molecule has 1 aromatic carbocycles. The molecule has 0 bridgehead atoms. The summed E-state index contributed by atoms with van der Waals surface area (Å²) in [6.45, 7) is 7.66. The molecule has 1 amide bonds. The Hall–Kier alpha value is -0.970. The van der Waals surface area contributed by atoms with Crippen molar-refractivity contribution in [3.05, 3.63) is 29.8 Å². The zero-order valence-electron chi connectivity index (χ0n) is 13.7. The number of carbonyl (C=O) groups excluding carboxylic acids is 1. The van der Waals surface area contributed by atoms with Gasteiger partial charge in [0.2, 0.25) is 5.91 Å². The molecular formula is C17H27Cl2N3O. The smallest absolute Gasteiger partial charge is 0.227 e. The number of piperazine rings is 1. The van der Waals surface area contributed by atoms with Gasteiger partial charge in [-0.1, -0.05) is 18.2 Å². The van der Waals surface area contributed by atoms with Crippen molar-refractivity contribution in [1.29, 1.82) is 0 Å². The van der Waals surface area contributed by atoms with Crippen LogP contribution in [-0.4, -0.2) is 50.1 Å². The summed E-state index contributed by atoms with van der Waals surface area (Å²) < 4.78 is 0. The summed E-state index contributed by atoms with van der Waals surface area (Å²) in [4.78, 5) is 17.0. The van der Waals surface area contributed by atoms with Crippen LogP contribution in [-0.2, 0) is 4.79 Å². The van der Waals surface area contributed by atoms with Crippen molar-refractivity contribution in [1.82, 2.24) is 10.2 Å². The predicted molar refractivity (Wildman–Crippen MR) is 100 cm³/mol. The monoisotopic (exact) mass is 359 g/mol. The van der Waals surface area contributed by atoms with E-state index in [1.807, 2.05) is 0 Å². The molecule has 23 heavy (non-hydrogen) atoms. The average molecular weight is 360 g/mol. The largest absolute Gasteiger partial charge is 0.368 e. The number of halogens is 2.